The van der Waals surface area contributed by atoms with E-state index in [0.29, 0.717) is 18.0 Å². The minimum absolute atomic E-state index is 0.00326. The molecular formula is C15H18N4O4. The molecule has 1 aromatic heterocycles. The van der Waals surface area contributed by atoms with Gasteiger partial charge in [0, 0.05) is 12.3 Å². The third-order valence-corrected chi connectivity index (χ3v) is 2.98. The van der Waals surface area contributed by atoms with Crippen molar-refractivity contribution in [2.75, 3.05) is 18.5 Å². The first-order chi connectivity index (χ1) is 11.1. The molecule has 0 bridgehead atoms. The maximum atomic E-state index is 11.8. The summed E-state index contributed by atoms with van der Waals surface area (Å²) in [6.45, 7) is 2.60. The van der Waals surface area contributed by atoms with E-state index in [1.807, 2.05) is 0 Å². The standard InChI is InChI=1S/C15H18N4O4/c1-2-3-7-23-10-14(20)16-11-5-4-6-12(8-11)19-9-13(15(21)22)17-18-19/h4-6,8-9H,2-3,7,10H2,1H3,(H,16,20)(H,21,22). The third-order valence-electron chi connectivity index (χ3n) is 2.98. The molecule has 0 aliphatic heterocycles. The predicted octanol–water partition coefficient (Wildman–Crippen LogP) is 1.72. The summed E-state index contributed by atoms with van der Waals surface area (Å²) < 4.78 is 6.58. The van der Waals surface area contributed by atoms with Gasteiger partial charge in [-0.25, -0.2) is 9.48 Å². The first kappa shape index (κ1) is 16.6. The largest absolute Gasteiger partial charge is 0.476 e. The van der Waals surface area contributed by atoms with E-state index in [-0.39, 0.29) is 18.2 Å². The molecule has 2 rings (SSSR count). The Morgan fingerprint density at radius 1 is 1.39 bits per heavy atom. The highest BCUT2D eigenvalue weighted by Gasteiger charge is 2.10. The molecule has 1 amide bonds. The van der Waals surface area contributed by atoms with Gasteiger partial charge in [-0.3, -0.25) is 4.79 Å². The lowest BCUT2D eigenvalue weighted by atomic mass is 10.2. The van der Waals surface area contributed by atoms with Crippen molar-refractivity contribution in [3.8, 4) is 5.69 Å². The molecule has 0 spiro atoms. The van der Waals surface area contributed by atoms with E-state index in [0.717, 1.165) is 12.8 Å². The number of aromatic carboxylic acids is 1. The zero-order valence-electron chi connectivity index (χ0n) is 12.7. The molecule has 0 saturated carbocycles. The molecule has 0 aliphatic rings. The summed E-state index contributed by atoms with van der Waals surface area (Å²) in [7, 11) is 0. The topological polar surface area (TPSA) is 106 Å². The zero-order valence-corrected chi connectivity index (χ0v) is 12.7. The minimum Gasteiger partial charge on any atom is -0.476 e. The molecule has 8 nitrogen and oxygen atoms in total. The van der Waals surface area contributed by atoms with E-state index < -0.39 is 5.97 Å². The summed E-state index contributed by atoms with van der Waals surface area (Å²) in [6, 6.07) is 6.85. The Kier molecular flexibility index (Phi) is 5.81. The first-order valence-corrected chi connectivity index (χ1v) is 7.24. The molecule has 2 aromatic rings. The van der Waals surface area contributed by atoms with Crippen molar-refractivity contribution in [2.24, 2.45) is 0 Å². The van der Waals surface area contributed by atoms with Gasteiger partial charge in [-0.05, 0) is 24.6 Å². The normalized spacial score (nSPS) is 10.5. The minimum atomic E-state index is -1.15. The lowest BCUT2D eigenvalue weighted by Crippen LogP contribution is -2.18. The number of nitrogens with zero attached hydrogens (tertiary/aromatic N) is 3. The number of rotatable bonds is 8. The number of carboxylic acid groups (broad SMARTS) is 1. The fraction of sp³-hybridized carbons (Fsp3) is 0.333. The van der Waals surface area contributed by atoms with Gasteiger partial charge in [-0.15, -0.1) is 5.10 Å². The van der Waals surface area contributed by atoms with Crippen molar-refractivity contribution in [1.29, 1.82) is 0 Å². The van der Waals surface area contributed by atoms with Crippen molar-refractivity contribution in [2.45, 2.75) is 19.8 Å². The number of nitrogens with one attached hydrogen (secondary N) is 1. The van der Waals surface area contributed by atoms with Gasteiger partial charge in [-0.2, -0.15) is 0 Å². The van der Waals surface area contributed by atoms with Crippen LogP contribution in [0.3, 0.4) is 0 Å². The fourth-order valence-corrected chi connectivity index (χ4v) is 1.82. The smallest absolute Gasteiger partial charge is 0.358 e. The molecular weight excluding hydrogens is 300 g/mol. The Balaban J connectivity index is 1.99. The van der Waals surface area contributed by atoms with Gasteiger partial charge >= 0.3 is 5.97 Å². The average Bonchev–Trinajstić information content (AvgIpc) is 3.02. The Hall–Kier alpha value is -2.74. The molecule has 0 saturated heterocycles. The molecule has 0 atom stereocenters. The molecule has 0 unspecified atom stereocenters. The van der Waals surface area contributed by atoms with Gasteiger partial charge in [0.15, 0.2) is 5.69 Å². The molecule has 0 aliphatic carbocycles. The molecule has 0 fully saturated rings. The van der Waals surface area contributed by atoms with Crippen molar-refractivity contribution >= 4 is 17.6 Å². The van der Waals surface area contributed by atoms with Crippen LogP contribution in [-0.2, 0) is 9.53 Å². The molecule has 0 radical (unpaired) electrons. The van der Waals surface area contributed by atoms with Crippen LogP contribution in [0.5, 0.6) is 0 Å². The van der Waals surface area contributed by atoms with E-state index in [1.54, 1.807) is 24.3 Å². The van der Waals surface area contributed by atoms with Crippen LogP contribution in [0.2, 0.25) is 0 Å². The lowest BCUT2D eigenvalue weighted by Gasteiger charge is -2.07. The van der Waals surface area contributed by atoms with Crippen LogP contribution in [0.4, 0.5) is 5.69 Å². The molecule has 1 heterocycles. The van der Waals surface area contributed by atoms with Gasteiger partial charge in [0.05, 0.1) is 11.9 Å². The van der Waals surface area contributed by atoms with Crippen LogP contribution in [-0.4, -0.2) is 45.2 Å². The number of anilines is 1. The molecule has 8 heteroatoms. The van der Waals surface area contributed by atoms with E-state index in [2.05, 4.69) is 22.6 Å². The van der Waals surface area contributed by atoms with Gasteiger partial charge < -0.3 is 15.2 Å². The lowest BCUT2D eigenvalue weighted by molar-refractivity contribution is -0.120. The fourth-order valence-electron chi connectivity index (χ4n) is 1.82. The number of ether oxygens (including phenoxy) is 1. The highest BCUT2D eigenvalue weighted by molar-refractivity contribution is 5.92. The first-order valence-electron chi connectivity index (χ1n) is 7.24. The summed E-state index contributed by atoms with van der Waals surface area (Å²) in [5.74, 6) is -1.40. The number of amides is 1. The van der Waals surface area contributed by atoms with Crippen LogP contribution >= 0.6 is 0 Å². The SMILES string of the molecule is CCCCOCC(=O)Nc1cccc(-n2cc(C(=O)O)nn2)c1. The van der Waals surface area contributed by atoms with Crippen molar-refractivity contribution in [3.05, 3.63) is 36.2 Å². The Labute approximate surface area is 133 Å². The zero-order chi connectivity index (χ0) is 16.7. The van der Waals surface area contributed by atoms with E-state index in [9.17, 15) is 9.59 Å². The number of hydrogen-bond donors (Lipinski definition) is 2. The Morgan fingerprint density at radius 2 is 2.22 bits per heavy atom. The van der Waals surface area contributed by atoms with Crippen LogP contribution in [0.15, 0.2) is 30.5 Å². The van der Waals surface area contributed by atoms with Crippen LogP contribution < -0.4 is 5.32 Å². The monoisotopic (exact) mass is 318 g/mol. The summed E-state index contributed by atoms with van der Waals surface area (Å²) in [5, 5.41) is 18.9. The van der Waals surface area contributed by atoms with Crippen molar-refractivity contribution in [1.82, 2.24) is 15.0 Å². The quantitative estimate of drug-likeness (QED) is 0.718. The Bertz CT molecular complexity index is 684. The van der Waals surface area contributed by atoms with Gasteiger partial charge in [0.1, 0.15) is 6.61 Å². The van der Waals surface area contributed by atoms with Gasteiger partial charge in [0.25, 0.3) is 0 Å². The average molecular weight is 318 g/mol. The molecule has 1 aromatic carbocycles. The number of carbonyl (C=O) groups excluding carboxylic acids is 1. The molecule has 2 N–H and O–H groups in total. The number of carbonyl (C=O) groups is 2. The van der Waals surface area contributed by atoms with Crippen LogP contribution in [0, 0.1) is 0 Å². The molecule has 23 heavy (non-hydrogen) atoms. The Morgan fingerprint density at radius 3 is 2.91 bits per heavy atom. The maximum Gasteiger partial charge on any atom is 0.358 e. The van der Waals surface area contributed by atoms with Crippen molar-refractivity contribution < 1.29 is 19.4 Å². The number of carboxylic acids is 1. The second-order valence-electron chi connectivity index (χ2n) is 4.86. The number of aromatic nitrogens is 3. The highest BCUT2D eigenvalue weighted by atomic mass is 16.5. The second-order valence-corrected chi connectivity index (χ2v) is 4.86. The predicted molar refractivity (Wildman–Crippen MR) is 82.7 cm³/mol. The highest BCUT2D eigenvalue weighted by Crippen LogP contribution is 2.14. The maximum absolute atomic E-state index is 11.8. The third kappa shape index (κ3) is 4.89. The number of benzene rings is 1. The summed E-state index contributed by atoms with van der Waals surface area (Å²) >= 11 is 0. The van der Waals surface area contributed by atoms with Crippen LogP contribution in [0.25, 0.3) is 5.69 Å². The summed E-state index contributed by atoms with van der Waals surface area (Å²) in [4.78, 5) is 22.6. The van der Waals surface area contributed by atoms with Crippen LogP contribution in [0.1, 0.15) is 30.3 Å². The summed E-state index contributed by atoms with van der Waals surface area (Å²) in [6.07, 6.45) is 3.23. The number of unbranched alkanes of at least 4 members (excludes halogenated alkanes) is 1. The van der Waals surface area contributed by atoms with Gasteiger partial charge in [0.2, 0.25) is 5.91 Å². The second kappa shape index (κ2) is 8.04. The summed E-state index contributed by atoms with van der Waals surface area (Å²) in [5.41, 5.74) is 1.01. The van der Waals surface area contributed by atoms with E-state index in [4.69, 9.17) is 9.84 Å². The van der Waals surface area contributed by atoms with Gasteiger partial charge in [-0.1, -0.05) is 24.6 Å². The number of hydrogen-bond acceptors (Lipinski definition) is 5. The molecule has 122 valence electrons. The van der Waals surface area contributed by atoms with E-state index in [1.165, 1.54) is 10.9 Å². The van der Waals surface area contributed by atoms with Crippen molar-refractivity contribution in [3.63, 3.8) is 0 Å². The van der Waals surface area contributed by atoms with E-state index >= 15 is 0 Å².